The molecule has 0 aromatic heterocycles. The van der Waals surface area contributed by atoms with E-state index in [0.717, 1.165) is 0 Å². The van der Waals surface area contributed by atoms with Crippen LogP contribution in [0, 0.1) is 0 Å². The van der Waals surface area contributed by atoms with Crippen LogP contribution in [0.5, 0.6) is 0 Å². The van der Waals surface area contributed by atoms with Crippen molar-refractivity contribution in [1.82, 2.24) is 0 Å². The highest BCUT2D eigenvalue weighted by Gasteiger charge is 1.65. The van der Waals surface area contributed by atoms with Crippen LogP contribution in [0.2, 0.25) is 0 Å². The van der Waals surface area contributed by atoms with Gasteiger partial charge in [-0.3, -0.25) is 8.78 Å². The second-order valence-corrected chi connectivity index (χ2v) is 0.912. The van der Waals surface area contributed by atoms with Crippen molar-refractivity contribution in [2.24, 2.45) is 0 Å². The van der Waals surface area contributed by atoms with Crippen LogP contribution in [0.3, 0.4) is 0 Å². The molecule has 0 bridgehead atoms. The van der Waals surface area contributed by atoms with E-state index in [2.05, 4.69) is 0 Å². The van der Waals surface area contributed by atoms with Crippen LogP contribution < -0.4 is 0 Å². The summed E-state index contributed by atoms with van der Waals surface area (Å²) in [5, 5.41) is 0. The Morgan fingerprint density at radius 3 is 0.643 bits per heavy atom. The molecule has 0 heterocycles. The molecule has 0 aliphatic heterocycles. The third-order valence-electron chi connectivity index (χ3n) is 0.0714. The first kappa shape index (κ1) is 49.2. The van der Waals surface area contributed by atoms with Gasteiger partial charge >= 0.3 is 0 Å². The van der Waals surface area contributed by atoms with Gasteiger partial charge in [0, 0.05) is 0 Å². The predicted octanol–water partition coefficient (Wildman–Crippen LogP) is 5.42. The van der Waals surface area contributed by atoms with Crippen LogP contribution in [-0.2, 0) is 0 Å². The van der Waals surface area contributed by atoms with Crippen LogP contribution in [0.4, 0.5) is 17.6 Å². The van der Waals surface area contributed by atoms with Gasteiger partial charge in [0.2, 0.25) is 0 Å². The fourth-order valence-corrected chi connectivity index (χ4v) is 0. The van der Waals surface area contributed by atoms with Gasteiger partial charge in [0.1, 0.15) is 13.3 Å². The summed E-state index contributed by atoms with van der Waals surface area (Å²) in [5.41, 5.74) is 0. The second-order valence-electron chi connectivity index (χ2n) is 0.912. The molecule has 0 saturated heterocycles. The van der Waals surface area contributed by atoms with E-state index in [1.54, 1.807) is 0 Å². The van der Waals surface area contributed by atoms with Gasteiger partial charge in [-0.15, -0.1) is 0 Å². The Morgan fingerprint density at radius 1 is 0.571 bits per heavy atom. The third kappa shape index (κ3) is 2600. The molecule has 0 radical (unpaired) electrons. The Morgan fingerprint density at radius 2 is 0.643 bits per heavy atom. The zero-order valence-electron chi connectivity index (χ0n) is 6.34. The summed E-state index contributed by atoms with van der Waals surface area (Å²) in [4.78, 5) is 0. The highest BCUT2D eigenvalue weighted by atomic mass is 19.2. The molecule has 0 atom stereocenters. The van der Waals surface area contributed by atoms with Crippen LogP contribution in [0.1, 0.15) is 43.6 Å². The van der Waals surface area contributed by atoms with Crippen LogP contribution in [-0.4, -0.2) is 26.7 Å². The molecule has 0 aliphatic rings. The molecular formula is C10H30F4. The third-order valence-corrected chi connectivity index (χ3v) is 0.0714. The van der Waals surface area contributed by atoms with Gasteiger partial charge in [-0.2, -0.15) is 0 Å². The Labute approximate surface area is 88.7 Å². The van der Waals surface area contributed by atoms with E-state index in [1.807, 2.05) is 0 Å². The molecular weight excluding hydrogens is 196 g/mol. The summed E-state index contributed by atoms with van der Waals surface area (Å²) in [6, 6.07) is 0. The topological polar surface area (TPSA) is 0 Å². The highest BCUT2D eigenvalue weighted by Crippen LogP contribution is 1.63. The van der Waals surface area contributed by atoms with Crippen molar-refractivity contribution in [3.05, 3.63) is 0 Å². The average Bonchev–Trinajstić information content (AvgIpc) is 1.91. The lowest BCUT2D eigenvalue weighted by atomic mass is 10.9. The van der Waals surface area contributed by atoms with Crippen molar-refractivity contribution in [3.8, 4) is 0 Å². The van der Waals surface area contributed by atoms with Crippen molar-refractivity contribution in [2.75, 3.05) is 26.7 Å². The molecule has 0 spiro atoms. The summed E-state index contributed by atoms with van der Waals surface area (Å²) < 4.78 is 41.3. The quantitative estimate of drug-likeness (QED) is 0.523. The zero-order valence-corrected chi connectivity index (χ0v) is 6.34. The van der Waals surface area contributed by atoms with E-state index in [0.29, 0.717) is 0 Å². The Bertz CT molecular complexity index is 24.1. The van der Waals surface area contributed by atoms with Crippen molar-refractivity contribution >= 4 is 0 Å². The number of rotatable bonds is 1. The van der Waals surface area contributed by atoms with Gasteiger partial charge in [0.05, 0.1) is 13.3 Å². The van der Waals surface area contributed by atoms with Gasteiger partial charge in [0.25, 0.3) is 0 Å². The molecule has 0 amide bonds. The van der Waals surface area contributed by atoms with Crippen molar-refractivity contribution < 1.29 is 17.6 Å². The lowest BCUT2D eigenvalue weighted by molar-refractivity contribution is 0.380. The van der Waals surface area contributed by atoms with E-state index in [-0.39, 0.29) is 43.1 Å². The van der Waals surface area contributed by atoms with Crippen LogP contribution in [0.15, 0.2) is 0 Å². The monoisotopic (exact) mass is 226 g/mol. The molecule has 0 N–H and O–H groups in total. The summed E-state index contributed by atoms with van der Waals surface area (Å²) in [7, 11) is 0. The predicted molar refractivity (Wildman–Crippen MR) is 62.2 cm³/mol. The zero-order chi connectivity index (χ0) is 8.83. The van der Waals surface area contributed by atoms with Crippen LogP contribution >= 0.6 is 0 Å². The lowest BCUT2D eigenvalue weighted by Gasteiger charge is -1.61. The molecule has 0 aromatic rings. The Hall–Kier alpha value is -0.280. The van der Waals surface area contributed by atoms with E-state index in [4.69, 9.17) is 0 Å². The first-order chi connectivity index (χ1) is 4.74. The number of halogens is 4. The van der Waals surface area contributed by atoms with E-state index < -0.39 is 13.3 Å². The van der Waals surface area contributed by atoms with Gasteiger partial charge in [0.15, 0.2) is 0 Å². The minimum absolute atomic E-state index is 0. The van der Waals surface area contributed by atoms with Gasteiger partial charge < -0.3 is 0 Å². The van der Waals surface area contributed by atoms with E-state index >= 15 is 0 Å². The average molecular weight is 226 g/mol. The molecule has 14 heavy (non-hydrogen) atoms. The minimum atomic E-state index is -0.847. The second kappa shape index (κ2) is 126. The summed E-state index contributed by atoms with van der Waals surface area (Å²) in [6.07, 6.45) is 0. The Balaban J connectivity index is -0.00000000929. The normalized spacial score (nSPS) is 4.71. The van der Waals surface area contributed by atoms with Crippen LogP contribution in [0.25, 0.3) is 0 Å². The maximum absolute atomic E-state index is 10.3. The minimum Gasteiger partial charge on any atom is -0.251 e. The Kier molecular flexibility index (Phi) is 443. The molecule has 0 rings (SSSR count). The molecule has 0 saturated carbocycles. The SMILES string of the molecule is C.C.C.C.CCF.CCF.FCCF. The van der Waals surface area contributed by atoms with Crippen molar-refractivity contribution in [3.63, 3.8) is 0 Å². The fraction of sp³-hybridized carbons (Fsp3) is 1.00. The molecule has 0 unspecified atom stereocenters. The molecule has 0 aromatic carbocycles. The fourth-order valence-electron chi connectivity index (χ4n) is 0. The smallest absolute Gasteiger partial charge is 0.118 e. The summed E-state index contributed by atoms with van der Waals surface area (Å²) in [5.74, 6) is 0. The van der Waals surface area contributed by atoms with Crippen molar-refractivity contribution in [1.29, 1.82) is 0 Å². The van der Waals surface area contributed by atoms with E-state index in [1.165, 1.54) is 13.8 Å². The first-order valence-electron chi connectivity index (χ1n) is 2.98. The largest absolute Gasteiger partial charge is 0.251 e. The molecule has 98 valence electrons. The highest BCUT2D eigenvalue weighted by molar-refractivity contribution is 4.09. The standard InChI is InChI=1S/C2H4F2.2C2H5F.4CH4/c3-1-2-4;2*1-2-3;;;;/h1-2H2;2*2H2,1H3;4*1H4. The molecule has 0 fully saturated rings. The maximum Gasteiger partial charge on any atom is 0.118 e. The molecule has 0 aliphatic carbocycles. The first-order valence-corrected chi connectivity index (χ1v) is 2.98. The van der Waals surface area contributed by atoms with Crippen molar-refractivity contribution in [2.45, 2.75) is 43.6 Å². The summed E-state index contributed by atoms with van der Waals surface area (Å²) in [6.45, 7) is 0.722. The number of hydrogen-bond acceptors (Lipinski definition) is 0. The molecule has 0 nitrogen and oxygen atoms in total. The van der Waals surface area contributed by atoms with E-state index in [9.17, 15) is 17.6 Å². The number of hydrogen-bond donors (Lipinski definition) is 0. The number of alkyl halides is 4. The molecule has 4 heteroatoms. The lowest BCUT2D eigenvalue weighted by Crippen LogP contribution is -1.68. The summed E-state index contributed by atoms with van der Waals surface area (Å²) >= 11 is 0. The maximum atomic E-state index is 10.3. The van der Waals surface area contributed by atoms with Gasteiger partial charge in [-0.1, -0.05) is 29.7 Å². The van der Waals surface area contributed by atoms with Gasteiger partial charge in [-0.25, -0.2) is 8.78 Å². The van der Waals surface area contributed by atoms with Gasteiger partial charge in [-0.05, 0) is 13.8 Å².